The van der Waals surface area contributed by atoms with Crippen LogP contribution < -0.4 is 10.1 Å². The number of rotatable bonds is 15. The number of hydrogen-bond donors (Lipinski definition) is 1. The Morgan fingerprint density at radius 3 is 2.11 bits per heavy atom. The van der Waals surface area contributed by atoms with Crippen molar-refractivity contribution >= 4 is 59.7 Å². The van der Waals surface area contributed by atoms with Gasteiger partial charge in [0.1, 0.15) is 23.8 Å². The van der Waals surface area contributed by atoms with Crippen LogP contribution in [-0.4, -0.2) is 75.3 Å². The van der Waals surface area contributed by atoms with Crippen molar-refractivity contribution in [2.45, 2.75) is 73.3 Å². The number of amides is 1. The first-order chi connectivity index (χ1) is 29.2. The fourth-order valence-electron chi connectivity index (χ4n) is 7.13. The van der Waals surface area contributed by atoms with Crippen molar-refractivity contribution in [1.29, 1.82) is 0 Å². The Labute approximate surface area is 369 Å². The lowest BCUT2D eigenvalue weighted by Gasteiger charge is -2.40. The number of anilines is 1. The second kappa shape index (κ2) is 18.4. The van der Waals surface area contributed by atoms with Gasteiger partial charge in [-0.25, -0.2) is 19.7 Å². The molecule has 0 bridgehead atoms. The Kier molecular flexibility index (Phi) is 13.2. The Bertz CT molecular complexity index is 2390. The number of aromatic nitrogens is 4. The highest BCUT2D eigenvalue weighted by Crippen LogP contribution is 2.46. The normalized spacial score (nSPS) is 18.2. The summed E-state index contributed by atoms with van der Waals surface area (Å²) >= 11 is 2.44. The number of halogens is 1. The number of nitro benzene ring substituents is 1. The van der Waals surface area contributed by atoms with E-state index in [0.29, 0.717) is 17.6 Å². The molecule has 0 spiro atoms. The van der Waals surface area contributed by atoms with Crippen molar-refractivity contribution < 1.29 is 33.1 Å². The standard InChI is InChI=1S/C45H49IN6O8Si/c1-44(2,3)61(5,6)60-39-37(46)36(27-58-45(31-13-9-7-10-14-31,32-15-11-8-12-16-32)33-19-23-35(56-4)24-20-33)59-42(39)51-29-49-38-40(47-28-48-41(38)51)50-43(53)57-26-25-30-17-21-34(22-18-30)52(54)55/h7-24,28-29,36-37,39,42H,25-27H2,1-6H3,(H,47,48,50,53)/t36-,37+,39-,42-/m1/s1. The molecule has 1 aliphatic heterocycles. The summed E-state index contributed by atoms with van der Waals surface area (Å²) in [6, 6.07) is 34.5. The predicted molar refractivity (Wildman–Crippen MR) is 243 cm³/mol. The Balaban J connectivity index is 1.18. The molecule has 1 fully saturated rings. The number of ether oxygens (including phenoxy) is 4. The molecule has 14 nitrogen and oxygen atoms in total. The summed E-state index contributed by atoms with van der Waals surface area (Å²) in [5.74, 6) is 0.912. The van der Waals surface area contributed by atoms with Crippen LogP contribution >= 0.6 is 22.6 Å². The number of fused-ring (bicyclic) bond motifs is 1. The minimum absolute atomic E-state index is 0.00811. The summed E-state index contributed by atoms with van der Waals surface area (Å²) in [5.41, 5.74) is 3.42. The minimum atomic E-state index is -2.38. The van der Waals surface area contributed by atoms with E-state index in [-0.39, 0.29) is 33.7 Å². The molecule has 1 amide bonds. The number of benzene rings is 4. The van der Waals surface area contributed by atoms with Crippen LogP contribution in [0.5, 0.6) is 5.75 Å². The van der Waals surface area contributed by atoms with Crippen molar-refractivity contribution in [3.63, 3.8) is 0 Å². The lowest BCUT2D eigenvalue weighted by molar-refractivity contribution is -0.384. The molecule has 318 valence electrons. The summed E-state index contributed by atoms with van der Waals surface area (Å²) in [5, 5.41) is 13.6. The number of hydrogen-bond acceptors (Lipinski definition) is 11. The molecule has 1 aliphatic rings. The molecule has 4 atom stereocenters. The number of nitrogens with zero attached hydrogens (tertiary/aromatic N) is 5. The van der Waals surface area contributed by atoms with Gasteiger partial charge in [-0.15, -0.1) is 0 Å². The molecule has 7 rings (SSSR count). The maximum atomic E-state index is 13.0. The summed E-state index contributed by atoms with van der Waals surface area (Å²) in [6.07, 6.45) is 1.12. The van der Waals surface area contributed by atoms with Crippen molar-refractivity contribution in [1.82, 2.24) is 19.5 Å². The summed E-state index contributed by atoms with van der Waals surface area (Å²) in [7, 11) is -0.723. The van der Waals surface area contributed by atoms with Gasteiger partial charge in [0.15, 0.2) is 31.5 Å². The molecule has 0 saturated carbocycles. The van der Waals surface area contributed by atoms with Gasteiger partial charge in [0.2, 0.25) is 0 Å². The van der Waals surface area contributed by atoms with Crippen molar-refractivity contribution in [3.8, 4) is 5.75 Å². The maximum Gasteiger partial charge on any atom is 0.412 e. The average Bonchev–Trinajstić information content (AvgIpc) is 3.82. The number of carbonyl (C=O) groups is 1. The third-order valence-corrected chi connectivity index (χ3v) is 17.4. The number of nitro groups is 1. The smallest absolute Gasteiger partial charge is 0.412 e. The number of carbonyl (C=O) groups excluding carboxylic acids is 1. The van der Waals surface area contributed by atoms with E-state index < -0.39 is 43.4 Å². The Hall–Kier alpha value is -5.27. The zero-order valence-corrected chi connectivity index (χ0v) is 38.0. The molecule has 16 heteroatoms. The second-order valence-corrected chi connectivity index (χ2v) is 22.5. The van der Waals surface area contributed by atoms with Crippen molar-refractivity contribution in [2.24, 2.45) is 0 Å². The molecule has 4 aromatic carbocycles. The molecule has 6 aromatic rings. The number of non-ortho nitro benzene ring substituents is 1. The van der Waals surface area contributed by atoms with Gasteiger partial charge in [-0.1, -0.05) is 128 Å². The van der Waals surface area contributed by atoms with Gasteiger partial charge in [-0.3, -0.25) is 20.0 Å². The zero-order valence-electron chi connectivity index (χ0n) is 34.9. The van der Waals surface area contributed by atoms with E-state index in [2.05, 4.69) is 101 Å². The minimum Gasteiger partial charge on any atom is -0.497 e. The molecule has 2 aromatic heterocycles. The first-order valence-corrected chi connectivity index (χ1v) is 24.1. The lowest BCUT2D eigenvalue weighted by atomic mass is 9.80. The first kappa shape index (κ1) is 43.8. The average molecular weight is 957 g/mol. The summed E-state index contributed by atoms with van der Waals surface area (Å²) in [4.78, 5) is 37.1. The Morgan fingerprint density at radius 2 is 1.52 bits per heavy atom. The van der Waals surface area contributed by atoms with Gasteiger partial charge in [0.25, 0.3) is 5.69 Å². The summed E-state index contributed by atoms with van der Waals surface area (Å²) in [6.45, 7) is 11.3. The van der Waals surface area contributed by atoms with Gasteiger partial charge in [-0.05, 0) is 52.5 Å². The monoisotopic (exact) mass is 956 g/mol. The van der Waals surface area contributed by atoms with Gasteiger partial charge in [0, 0.05) is 18.6 Å². The fraction of sp³-hybridized carbons (Fsp3) is 0.333. The van der Waals surface area contributed by atoms with E-state index >= 15 is 0 Å². The largest absolute Gasteiger partial charge is 0.497 e. The van der Waals surface area contributed by atoms with Gasteiger partial charge < -0.3 is 23.4 Å². The van der Waals surface area contributed by atoms with Crippen molar-refractivity contribution in [2.75, 3.05) is 25.6 Å². The topological polar surface area (TPSA) is 162 Å². The maximum absolute atomic E-state index is 13.0. The van der Waals surface area contributed by atoms with Crippen LogP contribution in [-0.2, 0) is 30.7 Å². The number of alkyl halides is 1. The highest BCUT2D eigenvalue weighted by molar-refractivity contribution is 14.1. The van der Waals surface area contributed by atoms with E-state index in [9.17, 15) is 14.9 Å². The van der Waals surface area contributed by atoms with Crippen molar-refractivity contribution in [3.05, 3.63) is 154 Å². The van der Waals surface area contributed by atoms with E-state index in [1.807, 2.05) is 65.2 Å². The highest BCUT2D eigenvalue weighted by atomic mass is 127. The van der Waals surface area contributed by atoms with Crippen LogP contribution in [0.2, 0.25) is 18.1 Å². The van der Waals surface area contributed by atoms with E-state index in [0.717, 1.165) is 28.0 Å². The quantitative estimate of drug-likeness (QED) is 0.0261. The lowest BCUT2D eigenvalue weighted by Crippen LogP contribution is -2.47. The zero-order chi connectivity index (χ0) is 43.4. The van der Waals surface area contributed by atoms with Crippen LogP contribution in [0.1, 0.15) is 49.3 Å². The van der Waals surface area contributed by atoms with E-state index in [1.165, 1.54) is 18.5 Å². The molecule has 0 radical (unpaired) electrons. The molecular formula is C45H49IN6O8Si. The Morgan fingerprint density at radius 1 is 0.902 bits per heavy atom. The fourth-order valence-corrected chi connectivity index (χ4v) is 9.59. The molecular weight excluding hydrogens is 908 g/mol. The number of methoxy groups -OCH3 is 1. The molecule has 61 heavy (non-hydrogen) atoms. The third-order valence-electron chi connectivity index (χ3n) is 11.4. The van der Waals surface area contributed by atoms with Crippen LogP contribution in [0.4, 0.5) is 16.3 Å². The first-order valence-electron chi connectivity index (χ1n) is 19.9. The summed E-state index contributed by atoms with van der Waals surface area (Å²) < 4.78 is 34.2. The third kappa shape index (κ3) is 9.33. The molecule has 0 unspecified atom stereocenters. The van der Waals surface area contributed by atoms with Gasteiger partial charge in [0.05, 0.1) is 41.6 Å². The van der Waals surface area contributed by atoms with Gasteiger partial charge in [-0.2, -0.15) is 0 Å². The predicted octanol–water partition coefficient (Wildman–Crippen LogP) is 9.63. The molecule has 1 N–H and O–H groups in total. The second-order valence-electron chi connectivity index (χ2n) is 16.3. The van der Waals surface area contributed by atoms with Crippen LogP contribution in [0, 0.1) is 10.1 Å². The molecule has 0 aliphatic carbocycles. The molecule has 1 saturated heterocycles. The van der Waals surface area contributed by atoms with Gasteiger partial charge >= 0.3 is 6.09 Å². The SMILES string of the molecule is COc1ccc(C(OC[C@H]2O[C@@H](n3cnc4c(NC(=O)OCCc5ccc([N+](=O)[O-])cc5)ncnc43)[C@H](O[Si](C)(C)C(C)(C)C)[C@H]2I)(c2ccccc2)c2ccccc2)cc1. The van der Waals surface area contributed by atoms with Crippen LogP contribution in [0.3, 0.4) is 0 Å². The van der Waals surface area contributed by atoms with Crippen LogP contribution in [0.15, 0.2) is 122 Å². The molecule has 3 heterocycles. The van der Waals surface area contributed by atoms with Crippen LogP contribution in [0.25, 0.3) is 11.2 Å². The number of nitrogens with one attached hydrogen (secondary N) is 1. The highest BCUT2D eigenvalue weighted by Gasteiger charge is 2.51. The van der Waals surface area contributed by atoms with E-state index in [1.54, 1.807) is 25.6 Å². The number of imidazole rings is 1. The van der Waals surface area contributed by atoms with E-state index in [4.69, 9.17) is 23.4 Å².